The third-order valence-electron chi connectivity index (χ3n) is 5.82. The van der Waals surface area contributed by atoms with Gasteiger partial charge in [0.05, 0.1) is 4.90 Å². The molecule has 3 aromatic rings. The van der Waals surface area contributed by atoms with Crippen LogP contribution in [0.5, 0.6) is 0 Å². The van der Waals surface area contributed by atoms with Crippen molar-refractivity contribution >= 4 is 15.9 Å². The summed E-state index contributed by atoms with van der Waals surface area (Å²) >= 11 is 0. The molecule has 1 aliphatic rings. The van der Waals surface area contributed by atoms with Gasteiger partial charge in [-0.3, -0.25) is 9.78 Å². The Balaban J connectivity index is 1.61. The molecule has 1 aliphatic heterocycles. The largest absolute Gasteiger partial charge is 0.352 e. The number of aromatic nitrogens is 1. The van der Waals surface area contributed by atoms with Crippen LogP contribution in [-0.4, -0.2) is 68.3 Å². The lowest BCUT2D eigenvalue weighted by Gasteiger charge is -2.31. The van der Waals surface area contributed by atoms with Crippen molar-refractivity contribution in [3.8, 4) is 11.1 Å². The summed E-state index contributed by atoms with van der Waals surface area (Å²) in [6, 6.07) is 18.2. The molecule has 4 rings (SSSR count). The SMILES string of the molecule is CN1CCN(S(=O)(=O)c2cc(C(=O)NCCc3ccncc3)cc(-c3ccccc3)c2)CC1. The molecule has 1 saturated heterocycles. The van der Waals surface area contributed by atoms with Gasteiger partial charge in [0.2, 0.25) is 10.0 Å². The van der Waals surface area contributed by atoms with Gasteiger partial charge in [0.15, 0.2) is 0 Å². The van der Waals surface area contributed by atoms with E-state index in [4.69, 9.17) is 0 Å². The first-order valence-corrected chi connectivity index (χ1v) is 12.4. The Hall–Kier alpha value is -3.07. The number of carbonyl (C=O) groups is 1. The van der Waals surface area contributed by atoms with Crippen LogP contribution in [0.3, 0.4) is 0 Å². The fraction of sp³-hybridized carbons (Fsp3) is 0.280. The summed E-state index contributed by atoms with van der Waals surface area (Å²) < 4.78 is 28.3. The number of carbonyl (C=O) groups excluding carboxylic acids is 1. The maximum absolute atomic E-state index is 13.4. The van der Waals surface area contributed by atoms with Gasteiger partial charge in [-0.15, -0.1) is 0 Å². The van der Waals surface area contributed by atoms with Crippen molar-refractivity contribution in [3.63, 3.8) is 0 Å². The number of rotatable bonds is 7. The number of pyridine rings is 1. The van der Waals surface area contributed by atoms with Crippen LogP contribution in [0.25, 0.3) is 11.1 Å². The van der Waals surface area contributed by atoms with Crippen LogP contribution in [0, 0.1) is 0 Å². The van der Waals surface area contributed by atoms with Crippen LogP contribution in [-0.2, 0) is 16.4 Å². The van der Waals surface area contributed by atoms with E-state index in [0.717, 1.165) is 11.1 Å². The molecule has 0 unspecified atom stereocenters. The van der Waals surface area contributed by atoms with E-state index >= 15 is 0 Å². The summed E-state index contributed by atoms with van der Waals surface area (Å²) in [6.45, 7) is 2.67. The minimum atomic E-state index is -3.72. The van der Waals surface area contributed by atoms with E-state index in [0.29, 0.717) is 50.3 Å². The number of hydrogen-bond acceptors (Lipinski definition) is 5. The summed E-state index contributed by atoms with van der Waals surface area (Å²) in [5.41, 5.74) is 2.96. The van der Waals surface area contributed by atoms with Gasteiger partial charge < -0.3 is 10.2 Å². The summed E-state index contributed by atoms with van der Waals surface area (Å²) in [5.74, 6) is -0.295. The van der Waals surface area contributed by atoms with Gasteiger partial charge in [-0.25, -0.2) is 8.42 Å². The molecule has 7 nitrogen and oxygen atoms in total. The quantitative estimate of drug-likeness (QED) is 0.581. The van der Waals surface area contributed by atoms with Crippen molar-refractivity contribution < 1.29 is 13.2 Å². The van der Waals surface area contributed by atoms with Gasteiger partial charge in [0.25, 0.3) is 5.91 Å². The van der Waals surface area contributed by atoms with E-state index in [1.807, 2.05) is 49.5 Å². The number of nitrogens with zero attached hydrogens (tertiary/aromatic N) is 3. The number of benzene rings is 2. The number of amides is 1. The molecular formula is C25H28N4O3S. The summed E-state index contributed by atoms with van der Waals surface area (Å²) in [4.78, 5) is 19.2. The van der Waals surface area contributed by atoms with Crippen molar-refractivity contribution in [2.75, 3.05) is 39.8 Å². The topological polar surface area (TPSA) is 82.6 Å². The smallest absolute Gasteiger partial charge is 0.251 e. The van der Waals surface area contributed by atoms with E-state index in [1.165, 1.54) is 10.4 Å². The molecule has 0 radical (unpaired) electrons. The van der Waals surface area contributed by atoms with Gasteiger partial charge in [-0.2, -0.15) is 4.31 Å². The van der Waals surface area contributed by atoms with Gasteiger partial charge >= 0.3 is 0 Å². The van der Waals surface area contributed by atoms with E-state index in [-0.39, 0.29) is 10.8 Å². The highest BCUT2D eigenvalue weighted by molar-refractivity contribution is 7.89. The third-order valence-corrected chi connectivity index (χ3v) is 7.70. The van der Waals surface area contributed by atoms with Crippen LogP contribution >= 0.6 is 0 Å². The maximum Gasteiger partial charge on any atom is 0.251 e. The number of hydrogen-bond donors (Lipinski definition) is 1. The summed E-state index contributed by atoms with van der Waals surface area (Å²) in [5, 5.41) is 2.92. The zero-order valence-corrected chi connectivity index (χ0v) is 19.5. The van der Waals surface area contributed by atoms with E-state index in [9.17, 15) is 13.2 Å². The first-order chi connectivity index (χ1) is 15.9. The van der Waals surface area contributed by atoms with Gasteiger partial charge in [-0.05, 0) is 60.5 Å². The molecule has 1 aromatic heterocycles. The molecule has 1 amide bonds. The van der Waals surface area contributed by atoms with Crippen molar-refractivity contribution in [2.45, 2.75) is 11.3 Å². The van der Waals surface area contributed by atoms with Crippen molar-refractivity contribution in [1.82, 2.24) is 19.5 Å². The Morgan fingerprint density at radius 3 is 2.33 bits per heavy atom. The second-order valence-electron chi connectivity index (χ2n) is 8.18. The molecular weight excluding hydrogens is 436 g/mol. The predicted octanol–water partition coefficient (Wildman–Crippen LogP) is 2.66. The molecule has 2 aromatic carbocycles. The van der Waals surface area contributed by atoms with Crippen LogP contribution in [0.1, 0.15) is 15.9 Å². The van der Waals surface area contributed by atoms with E-state index in [2.05, 4.69) is 15.2 Å². The molecule has 172 valence electrons. The van der Waals surface area contributed by atoms with Gasteiger partial charge in [0.1, 0.15) is 0 Å². The maximum atomic E-state index is 13.4. The second-order valence-corrected chi connectivity index (χ2v) is 10.1. The highest BCUT2D eigenvalue weighted by Gasteiger charge is 2.28. The molecule has 0 atom stereocenters. The molecule has 1 N–H and O–H groups in total. The molecule has 8 heteroatoms. The minimum Gasteiger partial charge on any atom is -0.352 e. The number of sulfonamides is 1. The Labute approximate surface area is 195 Å². The lowest BCUT2D eigenvalue weighted by molar-refractivity contribution is 0.0954. The highest BCUT2D eigenvalue weighted by atomic mass is 32.2. The first-order valence-electron chi connectivity index (χ1n) is 11.0. The van der Waals surface area contributed by atoms with Crippen LogP contribution in [0.15, 0.2) is 78.0 Å². The summed E-state index contributed by atoms with van der Waals surface area (Å²) in [7, 11) is -1.74. The molecule has 1 fully saturated rings. The van der Waals surface area contributed by atoms with E-state index < -0.39 is 10.0 Å². The molecule has 0 aliphatic carbocycles. The van der Waals surface area contributed by atoms with Crippen LogP contribution < -0.4 is 5.32 Å². The Bertz CT molecular complexity index is 1190. The number of likely N-dealkylation sites (N-methyl/N-ethyl adjacent to an activating group) is 1. The fourth-order valence-electron chi connectivity index (χ4n) is 3.83. The first kappa shape index (κ1) is 23.1. The molecule has 0 saturated carbocycles. The number of piperazine rings is 1. The normalized spacial score (nSPS) is 15.3. The minimum absolute atomic E-state index is 0.146. The average Bonchev–Trinajstić information content (AvgIpc) is 2.85. The van der Waals surface area contributed by atoms with Crippen molar-refractivity contribution in [1.29, 1.82) is 0 Å². The zero-order chi connectivity index (χ0) is 23.3. The highest BCUT2D eigenvalue weighted by Crippen LogP contribution is 2.27. The lowest BCUT2D eigenvalue weighted by Crippen LogP contribution is -2.47. The summed E-state index contributed by atoms with van der Waals surface area (Å²) in [6.07, 6.45) is 4.10. The fourth-order valence-corrected chi connectivity index (χ4v) is 5.32. The van der Waals surface area contributed by atoms with Crippen LogP contribution in [0.4, 0.5) is 0 Å². The Morgan fingerprint density at radius 1 is 0.939 bits per heavy atom. The second kappa shape index (κ2) is 10.2. The Morgan fingerprint density at radius 2 is 1.64 bits per heavy atom. The van der Waals surface area contributed by atoms with Crippen molar-refractivity contribution in [2.24, 2.45) is 0 Å². The third kappa shape index (κ3) is 5.65. The molecule has 0 bridgehead atoms. The van der Waals surface area contributed by atoms with E-state index in [1.54, 1.807) is 24.5 Å². The molecule has 2 heterocycles. The molecule has 33 heavy (non-hydrogen) atoms. The average molecular weight is 465 g/mol. The van der Waals surface area contributed by atoms with Gasteiger partial charge in [0, 0.05) is 50.7 Å². The molecule has 0 spiro atoms. The van der Waals surface area contributed by atoms with Crippen molar-refractivity contribution in [3.05, 3.63) is 84.2 Å². The van der Waals surface area contributed by atoms with Gasteiger partial charge in [-0.1, -0.05) is 30.3 Å². The van der Waals surface area contributed by atoms with Crippen LogP contribution in [0.2, 0.25) is 0 Å². The number of nitrogens with one attached hydrogen (secondary N) is 1. The predicted molar refractivity (Wildman–Crippen MR) is 128 cm³/mol. The zero-order valence-electron chi connectivity index (χ0n) is 18.6. The standard InChI is InChI=1S/C25H28N4O3S/c1-28-13-15-29(16-14-28)33(31,32)24-18-22(21-5-3-2-4-6-21)17-23(19-24)25(30)27-12-9-20-7-10-26-11-8-20/h2-8,10-11,17-19H,9,12-16H2,1H3,(H,27,30). The monoisotopic (exact) mass is 464 g/mol. The Kier molecular flexibility index (Phi) is 7.17. The lowest BCUT2D eigenvalue weighted by atomic mass is 10.0.